The number of hydrogen-bond donors (Lipinski definition) is 0. The summed E-state index contributed by atoms with van der Waals surface area (Å²) < 4.78 is 2.30. The van der Waals surface area contributed by atoms with E-state index in [1.807, 2.05) is 24.3 Å². The van der Waals surface area contributed by atoms with Crippen LogP contribution in [-0.4, -0.2) is 135 Å². The third-order valence-corrected chi connectivity index (χ3v) is 13.0. The van der Waals surface area contributed by atoms with Crippen LogP contribution in [-0.2, 0) is 37.0 Å². The summed E-state index contributed by atoms with van der Waals surface area (Å²) in [5.41, 5.74) is 8.06. The Morgan fingerprint density at radius 1 is 0.582 bits per heavy atom. The summed E-state index contributed by atoms with van der Waals surface area (Å²) >= 11 is 0. The van der Waals surface area contributed by atoms with Gasteiger partial charge in [0.05, 0.1) is 0 Å². The molecule has 7 rings (SSSR count). The van der Waals surface area contributed by atoms with E-state index in [0.29, 0.717) is 11.3 Å². The normalized spacial score (nSPS) is 13.9. The fraction of sp³-hybridized carbons (Fsp3) is 0.408. The molecule has 18 heteroatoms. The maximum atomic E-state index is 6.37. The van der Waals surface area contributed by atoms with Crippen LogP contribution in [0.15, 0.2) is 97.7 Å². The zero-order valence-electron chi connectivity index (χ0n) is 41.1. The Labute approximate surface area is 429 Å². The fourth-order valence-electron chi connectivity index (χ4n) is 8.85. The summed E-state index contributed by atoms with van der Waals surface area (Å²) in [5, 5.41) is 1.18. The molecule has 2 aromatic heterocycles. The molecule has 4 heterocycles. The molecule has 6 nitrogen and oxygen atoms in total. The van der Waals surface area contributed by atoms with E-state index in [2.05, 4.69) is 171 Å². The molecular formula is C49H60B11N6Pt-3. The molecule has 14 radical (unpaired) electrons. The largest absolute Gasteiger partial charge is 0.508 e. The van der Waals surface area contributed by atoms with E-state index in [9.17, 15) is 0 Å². The summed E-state index contributed by atoms with van der Waals surface area (Å²) in [4.78, 5) is 13.9. The summed E-state index contributed by atoms with van der Waals surface area (Å²) in [5.74, 6) is 0. The molecule has 5 aromatic rings. The molecule has 0 saturated carbocycles. The van der Waals surface area contributed by atoms with Gasteiger partial charge in [0.15, 0.2) is 0 Å². The zero-order valence-corrected chi connectivity index (χ0v) is 43.4. The number of hydrogen-bond acceptors (Lipinski definition) is 5. The molecular weight excluding hydrogens is 987 g/mol. The van der Waals surface area contributed by atoms with E-state index in [-0.39, 0.29) is 31.9 Å². The van der Waals surface area contributed by atoms with Crippen molar-refractivity contribution in [1.82, 2.24) is 29.2 Å². The van der Waals surface area contributed by atoms with Crippen molar-refractivity contribution in [2.75, 3.05) is 26.2 Å². The third-order valence-electron chi connectivity index (χ3n) is 13.0. The summed E-state index contributed by atoms with van der Waals surface area (Å²) in [6, 6.07) is 26.8. The minimum atomic E-state index is -1.29. The monoisotopic (exact) mass is 1050 g/mol. The molecule has 0 spiro atoms. The van der Waals surface area contributed by atoms with Gasteiger partial charge in [-0.2, -0.15) is 13.3 Å². The van der Waals surface area contributed by atoms with Gasteiger partial charge in [-0.1, -0.05) is 98.1 Å². The van der Waals surface area contributed by atoms with Gasteiger partial charge in [-0.25, -0.2) is 0 Å². The van der Waals surface area contributed by atoms with Gasteiger partial charge in [0.25, 0.3) is 0 Å². The van der Waals surface area contributed by atoms with Gasteiger partial charge >= 0.3 is 0 Å². The van der Waals surface area contributed by atoms with Gasteiger partial charge in [0.2, 0.25) is 0 Å². The SMILES string of the molecule is CCCCN1C=CN(CCCN2C=CN(CCCC)[CH-]2)[CH-]1.[B]B([B])B([B])C(B([B])[B])(B([B])[B])c1ccc(-c2[c-]cc(-n3c4ccc(C(C)(C)C)cc4c4cc(C(C)(C)C)ccc43)cc2)nc1.[Pt]. The van der Waals surface area contributed by atoms with Gasteiger partial charge in [-0.3, -0.25) is 0 Å². The van der Waals surface area contributed by atoms with Gasteiger partial charge < -0.3 is 29.2 Å². The van der Waals surface area contributed by atoms with Crippen LogP contribution >= 0.6 is 0 Å². The van der Waals surface area contributed by atoms with E-state index in [1.165, 1.54) is 54.0 Å². The number of unbranched alkanes of at least 4 members (excludes halogenated alkanes) is 2. The van der Waals surface area contributed by atoms with Crippen LogP contribution in [0, 0.1) is 19.4 Å². The summed E-state index contributed by atoms with van der Waals surface area (Å²) in [7, 11) is 43.0. The van der Waals surface area contributed by atoms with Crippen molar-refractivity contribution in [3.8, 4) is 16.9 Å². The molecule has 3 aromatic carbocycles. The minimum Gasteiger partial charge on any atom is -0.508 e. The first-order chi connectivity index (χ1) is 31.3. The first kappa shape index (κ1) is 54.6. The van der Waals surface area contributed by atoms with Crippen LogP contribution in [0.25, 0.3) is 38.8 Å². The summed E-state index contributed by atoms with van der Waals surface area (Å²) in [6.07, 6.45) is 15.6. The first-order valence-electron chi connectivity index (χ1n) is 23.8. The second-order valence-corrected chi connectivity index (χ2v) is 20.1. The molecule has 0 bridgehead atoms. The zero-order chi connectivity index (χ0) is 48.0. The first-order valence-corrected chi connectivity index (χ1v) is 23.8. The quantitative estimate of drug-likeness (QED) is 0.0728. The van der Waals surface area contributed by atoms with Crippen molar-refractivity contribution < 1.29 is 21.1 Å². The molecule has 0 aliphatic carbocycles. The average Bonchev–Trinajstić information content (AvgIpc) is 4.02. The Hall–Kier alpha value is -3.31. The Morgan fingerprint density at radius 2 is 1.03 bits per heavy atom. The maximum Gasteiger partial charge on any atom is 0.0452 e. The van der Waals surface area contributed by atoms with E-state index >= 15 is 0 Å². The number of benzene rings is 3. The van der Waals surface area contributed by atoms with E-state index in [1.54, 1.807) is 6.20 Å². The molecule has 0 N–H and O–H groups in total. The molecule has 0 amide bonds. The molecule has 2 aliphatic rings. The van der Waals surface area contributed by atoms with Crippen molar-refractivity contribution >= 4 is 102 Å². The number of fused-ring (bicyclic) bond motifs is 3. The Bertz CT molecular complexity index is 2300. The van der Waals surface area contributed by atoms with Gasteiger partial charge in [0.1, 0.15) is 0 Å². The standard InChI is InChI=1S/C32H30B11N2.C17H30N4.Pt/c1-30(2,3)21-10-15-28-25(17-21)26-18-22(31(4,5)6)11-16-29(26)45(28)24-12-7-20(8-13-24)27-14-9-23(19-44-27)32(40(33)34,41(35)36)42(37)43(38)39;1-3-5-8-18-12-14-20(16-18)10-7-11-21-15-13-19(17-21)9-6-4-2;/h7,9-19H,1-6H3;12-17H,3-11H2,1-2H3;/q-1;-2;. The number of rotatable bonds is 17. The van der Waals surface area contributed by atoms with E-state index in [0.717, 1.165) is 48.5 Å². The number of nitrogens with zero attached hydrogens (tertiary/aromatic N) is 6. The van der Waals surface area contributed by atoms with Crippen LogP contribution in [0.5, 0.6) is 0 Å². The Balaban J connectivity index is 0.000000320. The third kappa shape index (κ3) is 12.7. The Morgan fingerprint density at radius 3 is 1.39 bits per heavy atom. The van der Waals surface area contributed by atoms with Gasteiger partial charge in [-0.05, 0) is 128 Å². The minimum absolute atomic E-state index is 0. The fourth-order valence-corrected chi connectivity index (χ4v) is 8.85. The summed E-state index contributed by atoms with van der Waals surface area (Å²) in [6.45, 7) is 23.9. The maximum absolute atomic E-state index is 6.37. The van der Waals surface area contributed by atoms with Crippen LogP contribution in [0.2, 0.25) is 0 Å². The predicted octanol–water partition coefficient (Wildman–Crippen LogP) is 7.20. The topological polar surface area (TPSA) is 30.8 Å². The second-order valence-electron chi connectivity index (χ2n) is 20.1. The van der Waals surface area contributed by atoms with Crippen molar-refractivity contribution in [2.24, 2.45) is 0 Å². The smallest absolute Gasteiger partial charge is 0.0452 e. The molecule has 332 valence electrons. The predicted molar refractivity (Wildman–Crippen MR) is 293 cm³/mol. The van der Waals surface area contributed by atoms with Crippen LogP contribution < -0.4 is 0 Å². The van der Waals surface area contributed by atoms with Crippen molar-refractivity contribution in [3.63, 3.8) is 0 Å². The molecule has 0 fully saturated rings. The molecule has 67 heavy (non-hydrogen) atoms. The van der Waals surface area contributed by atoms with Crippen LogP contribution in [0.1, 0.15) is 104 Å². The number of aromatic nitrogens is 2. The molecule has 0 unspecified atom stereocenters. The molecule has 0 atom stereocenters. The number of pyridine rings is 1. The molecule has 2 aliphatic heterocycles. The Kier molecular flexibility index (Phi) is 19.2. The average molecular weight is 1050 g/mol. The van der Waals surface area contributed by atoms with Crippen molar-refractivity contribution in [1.29, 1.82) is 0 Å². The molecule has 0 saturated heterocycles. The van der Waals surface area contributed by atoms with Crippen molar-refractivity contribution in [2.45, 2.75) is 103 Å². The van der Waals surface area contributed by atoms with Gasteiger partial charge in [-0.15, -0.1) is 34.9 Å². The second kappa shape index (κ2) is 23.5. The van der Waals surface area contributed by atoms with Gasteiger partial charge in [0, 0.05) is 129 Å². The van der Waals surface area contributed by atoms with E-state index < -0.39 is 31.0 Å². The van der Waals surface area contributed by atoms with Crippen LogP contribution in [0.3, 0.4) is 0 Å². The van der Waals surface area contributed by atoms with Crippen molar-refractivity contribution in [3.05, 3.63) is 134 Å². The van der Waals surface area contributed by atoms with E-state index in [4.69, 9.17) is 54.2 Å². The van der Waals surface area contributed by atoms with Crippen LogP contribution in [0.4, 0.5) is 0 Å².